The lowest BCUT2D eigenvalue weighted by atomic mass is 9.93. The Balaban J connectivity index is 2.14. The van der Waals surface area contributed by atoms with Gasteiger partial charge in [-0.05, 0) is 57.5 Å². The first-order valence-corrected chi connectivity index (χ1v) is 8.09. The molecule has 0 amide bonds. The molecule has 1 atom stereocenters. The van der Waals surface area contributed by atoms with E-state index < -0.39 is 0 Å². The molecule has 2 aromatic rings. The summed E-state index contributed by atoms with van der Waals surface area (Å²) in [6.45, 7) is 8.84. The zero-order valence-corrected chi connectivity index (χ0v) is 14.2. The van der Waals surface area contributed by atoms with Crippen molar-refractivity contribution in [2.24, 2.45) is 0 Å². The summed E-state index contributed by atoms with van der Waals surface area (Å²) in [5.41, 5.74) is 1.26. The Kier molecular flexibility index (Phi) is 4.49. The van der Waals surface area contributed by atoms with E-state index in [0.29, 0.717) is 6.04 Å². The highest BCUT2D eigenvalue weighted by Crippen LogP contribution is 2.28. The summed E-state index contributed by atoms with van der Waals surface area (Å²) in [6.07, 6.45) is 0. The summed E-state index contributed by atoms with van der Waals surface area (Å²) >= 11 is 5.35. The van der Waals surface area contributed by atoms with Crippen LogP contribution in [0.5, 0.6) is 0 Å². The van der Waals surface area contributed by atoms with E-state index in [0.717, 1.165) is 4.47 Å². The first-order chi connectivity index (χ1) is 8.88. The summed E-state index contributed by atoms with van der Waals surface area (Å²) in [6, 6.07) is 13.3. The molecule has 0 aliphatic rings. The van der Waals surface area contributed by atoms with E-state index >= 15 is 0 Å². The van der Waals surface area contributed by atoms with Gasteiger partial charge < -0.3 is 5.32 Å². The maximum absolute atomic E-state index is 3.72. The van der Waals surface area contributed by atoms with Crippen LogP contribution in [0.15, 0.2) is 40.9 Å². The molecule has 1 heterocycles. The van der Waals surface area contributed by atoms with Gasteiger partial charge in [0, 0.05) is 25.8 Å². The summed E-state index contributed by atoms with van der Waals surface area (Å²) in [5, 5.41) is 3.72. The number of hydrogen-bond donors (Lipinski definition) is 1. The Morgan fingerprint density at radius 3 is 2.26 bits per heavy atom. The Morgan fingerprint density at radius 2 is 1.74 bits per heavy atom. The molecule has 1 unspecified atom stereocenters. The zero-order valence-electron chi connectivity index (χ0n) is 11.8. The second kappa shape index (κ2) is 5.78. The third-order valence-corrected chi connectivity index (χ3v) is 5.04. The van der Waals surface area contributed by atoms with Gasteiger partial charge in [-0.1, -0.05) is 28.1 Å². The van der Waals surface area contributed by atoms with E-state index in [1.54, 1.807) is 0 Å². The molecule has 1 aromatic carbocycles. The molecule has 0 bridgehead atoms. The van der Waals surface area contributed by atoms with E-state index in [-0.39, 0.29) is 5.54 Å². The van der Waals surface area contributed by atoms with Crippen molar-refractivity contribution in [3.63, 3.8) is 0 Å². The highest BCUT2D eigenvalue weighted by Gasteiger charge is 2.23. The van der Waals surface area contributed by atoms with Crippen LogP contribution in [0.25, 0.3) is 0 Å². The SMILES string of the molecule is Cc1ccc(C(C)NC(C)(C)c2ccc(Br)cc2)s1. The van der Waals surface area contributed by atoms with Gasteiger partial charge >= 0.3 is 0 Å². The van der Waals surface area contributed by atoms with Crippen molar-refractivity contribution in [3.05, 3.63) is 56.2 Å². The van der Waals surface area contributed by atoms with Gasteiger partial charge in [-0.3, -0.25) is 0 Å². The van der Waals surface area contributed by atoms with Gasteiger partial charge in [-0.2, -0.15) is 0 Å². The summed E-state index contributed by atoms with van der Waals surface area (Å²) in [4.78, 5) is 2.76. The van der Waals surface area contributed by atoms with Gasteiger partial charge in [0.2, 0.25) is 0 Å². The normalized spacial score (nSPS) is 13.5. The third-order valence-electron chi connectivity index (χ3n) is 3.33. The van der Waals surface area contributed by atoms with Crippen molar-refractivity contribution >= 4 is 27.3 Å². The molecule has 0 fully saturated rings. The first-order valence-electron chi connectivity index (χ1n) is 6.48. The second-order valence-corrected chi connectivity index (χ2v) is 7.68. The minimum Gasteiger partial charge on any atom is -0.300 e. The molecule has 1 aromatic heterocycles. The van der Waals surface area contributed by atoms with Crippen molar-refractivity contribution in [1.82, 2.24) is 5.32 Å². The van der Waals surface area contributed by atoms with Crippen LogP contribution in [0.4, 0.5) is 0 Å². The topological polar surface area (TPSA) is 12.0 Å². The molecule has 3 heteroatoms. The van der Waals surface area contributed by atoms with Crippen molar-refractivity contribution in [1.29, 1.82) is 0 Å². The smallest absolute Gasteiger partial charge is 0.0393 e. The predicted octanol–water partition coefficient (Wildman–Crippen LogP) is 5.40. The zero-order chi connectivity index (χ0) is 14.0. The first kappa shape index (κ1) is 14.8. The van der Waals surface area contributed by atoms with Crippen LogP contribution in [0.2, 0.25) is 0 Å². The predicted molar refractivity (Wildman–Crippen MR) is 87.8 cm³/mol. The lowest BCUT2D eigenvalue weighted by Gasteiger charge is -2.30. The number of nitrogens with one attached hydrogen (secondary N) is 1. The molecular weight excluding hydrogens is 318 g/mol. The fraction of sp³-hybridized carbons (Fsp3) is 0.375. The van der Waals surface area contributed by atoms with E-state index in [9.17, 15) is 0 Å². The van der Waals surface area contributed by atoms with Gasteiger partial charge in [-0.15, -0.1) is 11.3 Å². The molecule has 0 aliphatic heterocycles. The summed E-state index contributed by atoms with van der Waals surface area (Å²) < 4.78 is 1.12. The van der Waals surface area contributed by atoms with Gasteiger partial charge in [-0.25, -0.2) is 0 Å². The fourth-order valence-electron chi connectivity index (χ4n) is 2.25. The number of thiophene rings is 1. The molecule has 0 saturated heterocycles. The van der Waals surface area contributed by atoms with Crippen LogP contribution < -0.4 is 5.32 Å². The van der Waals surface area contributed by atoms with Gasteiger partial charge in [0.15, 0.2) is 0 Å². The minimum absolute atomic E-state index is 0.0436. The van der Waals surface area contributed by atoms with Crippen molar-refractivity contribution in [2.75, 3.05) is 0 Å². The average Bonchev–Trinajstić information content (AvgIpc) is 2.76. The molecule has 0 aliphatic carbocycles. The Bertz CT molecular complexity index is 542. The maximum Gasteiger partial charge on any atom is 0.0393 e. The number of aryl methyl sites for hydroxylation is 1. The number of halogens is 1. The Hall–Kier alpha value is -0.640. The van der Waals surface area contributed by atoms with E-state index in [4.69, 9.17) is 0 Å². The van der Waals surface area contributed by atoms with E-state index in [1.165, 1.54) is 15.3 Å². The number of benzene rings is 1. The van der Waals surface area contributed by atoms with E-state index in [1.807, 2.05) is 11.3 Å². The summed E-state index contributed by atoms with van der Waals surface area (Å²) in [7, 11) is 0. The highest BCUT2D eigenvalue weighted by atomic mass is 79.9. The van der Waals surface area contributed by atoms with Gasteiger partial charge in [0.05, 0.1) is 0 Å². The quantitative estimate of drug-likeness (QED) is 0.786. The van der Waals surface area contributed by atoms with Crippen LogP contribution in [0.1, 0.15) is 42.1 Å². The number of hydrogen-bond acceptors (Lipinski definition) is 2. The minimum atomic E-state index is -0.0436. The van der Waals surface area contributed by atoms with Crippen LogP contribution in [-0.4, -0.2) is 0 Å². The molecule has 19 heavy (non-hydrogen) atoms. The fourth-order valence-corrected chi connectivity index (χ4v) is 3.39. The lowest BCUT2D eigenvalue weighted by molar-refractivity contribution is 0.360. The number of rotatable bonds is 4. The van der Waals surface area contributed by atoms with Crippen LogP contribution in [0.3, 0.4) is 0 Å². The van der Waals surface area contributed by atoms with E-state index in [2.05, 4.69) is 85.3 Å². The average molecular weight is 338 g/mol. The van der Waals surface area contributed by atoms with Crippen LogP contribution in [0, 0.1) is 6.92 Å². The molecule has 1 N–H and O–H groups in total. The standard InChI is InChI=1S/C16H20BrNS/c1-11-5-10-15(19-11)12(2)18-16(3,4)13-6-8-14(17)9-7-13/h5-10,12,18H,1-4H3. The molecule has 1 nitrogen and oxygen atoms in total. The van der Waals surface area contributed by atoms with Crippen LogP contribution >= 0.6 is 27.3 Å². The molecule has 2 rings (SSSR count). The molecule has 0 radical (unpaired) electrons. The maximum atomic E-state index is 3.72. The van der Waals surface area contributed by atoms with Crippen molar-refractivity contribution in [2.45, 2.75) is 39.3 Å². The lowest BCUT2D eigenvalue weighted by Crippen LogP contribution is -2.38. The second-order valence-electron chi connectivity index (χ2n) is 5.45. The highest BCUT2D eigenvalue weighted by molar-refractivity contribution is 9.10. The molecular formula is C16H20BrNS. The summed E-state index contributed by atoms with van der Waals surface area (Å²) in [5.74, 6) is 0. The van der Waals surface area contributed by atoms with Crippen molar-refractivity contribution < 1.29 is 0 Å². The third kappa shape index (κ3) is 3.68. The van der Waals surface area contributed by atoms with Gasteiger partial charge in [0.25, 0.3) is 0 Å². The molecule has 0 spiro atoms. The monoisotopic (exact) mass is 337 g/mol. The molecule has 0 saturated carbocycles. The molecule has 102 valence electrons. The largest absolute Gasteiger partial charge is 0.300 e. The van der Waals surface area contributed by atoms with Crippen molar-refractivity contribution in [3.8, 4) is 0 Å². The van der Waals surface area contributed by atoms with Crippen LogP contribution in [-0.2, 0) is 5.54 Å². The Morgan fingerprint density at radius 1 is 1.11 bits per heavy atom. The Labute approximate surface area is 128 Å². The van der Waals surface area contributed by atoms with Gasteiger partial charge in [0.1, 0.15) is 0 Å².